The number of likely N-dealkylation sites (N-methyl/N-ethyl adjacent to an activating group) is 1. The molecule has 0 fully saturated rings. The van der Waals surface area contributed by atoms with Crippen molar-refractivity contribution < 1.29 is 19.2 Å². The molecule has 0 heterocycles. The molecule has 6 nitrogen and oxygen atoms in total. The summed E-state index contributed by atoms with van der Waals surface area (Å²) in [5.41, 5.74) is 1.04. The number of para-hydroxylation sites is 1. The van der Waals surface area contributed by atoms with Gasteiger partial charge < -0.3 is 14.4 Å². The van der Waals surface area contributed by atoms with Crippen molar-refractivity contribution in [3.63, 3.8) is 0 Å². The van der Waals surface area contributed by atoms with E-state index in [0.717, 1.165) is 11.3 Å². The normalized spacial score (nSPS) is 13.6. The maximum absolute atomic E-state index is 11.6. The molecule has 2 atom stereocenters. The maximum atomic E-state index is 11.6. The highest BCUT2D eigenvalue weighted by Gasteiger charge is 2.22. The summed E-state index contributed by atoms with van der Waals surface area (Å²) in [6.07, 6.45) is 1.36. The van der Waals surface area contributed by atoms with E-state index in [4.69, 9.17) is 14.7 Å². The van der Waals surface area contributed by atoms with Gasteiger partial charge in [-0.3, -0.25) is 9.79 Å². The number of esters is 1. The van der Waals surface area contributed by atoms with Gasteiger partial charge in [0, 0.05) is 6.21 Å². The first-order valence-electron chi connectivity index (χ1n) is 7.54. The highest BCUT2D eigenvalue weighted by atomic mass is 16.5. The number of nitrogens with one attached hydrogen (secondary N) is 1. The molecule has 0 spiro atoms. The van der Waals surface area contributed by atoms with Crippen LogP contribution in [0.2, 0.25) is 0 Å². The minimum Gasteiger partial charge on any atom is -0.496 e. The fourth-order valence-corrected chi connectivity index (χ4v) is 2.20. The third kappa shape index (κ3) is 5.38. The Morgan fingerprint density at radius 2 is 2.13 bits per heavy atom. The molecule has 1 aromatic carbocycles. The molecule has 6 heteroatoms. The Labute approximate surface area is 137 Å². The highest BCUT2D eigenvalue weighted by Crippen LogP contribution is 2.23. The number of hydrogen-bond acceptors (Lipinski definition) is 5. The SMILES string of the molecule is CCOC(=O)[C@@H](C#N)C=NC[C@@H](c1ccccc1OC)[NH+](C)C. The molecule has 0 radical (unpaired) electrons. The fourth-order valence-electron chi connectivity index (χ4n) is 2.20. The van der Waals surface area contributed by atoms with E-state index >= 15 is 0 Å². The lowest BCUT2D eigenvalue weighted by molar-refractivity contribution is -0.890. The maximum Gasteiger partial charge on any atom is 0.328 e. The number of nitrogens with zero attached hydrogens (tertiary/aromatic N) is 2. The number of rotatable bonds is 8. The molecule has 0 amide bonds. The molecule has 124 valence electrons. The molecule has 0 aliphatic rings. The van der Waals surface area contributed by atoms with Gasteiger partial charge in [-0.2, -0.15) is 5.26 Å². The summed E-state index contributed by atoms with van der Waals surface area (Å²) >= 11 is 0. The Kier molecular flexibility index (Phi) is 7.78. The quantitative estimate of drug-likeness (QED) is 0.564. The third-order valence-electron chi connectivity index (χ3n) is 3.43. The lowest BCUT2D eigenvalue weighted by Gasteiger charge is -2.22. The highest BCUT2D eigenvalue weighted by molar-refractivity contribution is 5.92. The fraction of sp³-hybridized carbons (Fsp3) is 0.471. The van der Waals surface area contributed by atoms with Crippen LogP contribution >= 0.6 is 0 Å². The van der Waals surface area contributed by atoms with Crippen LogP contribution in [-0.2, 0) is 9.53 Å². The van der Waals surface area contributed by atoms with Gasteiger partial charge in [0.05, 0.1) is 46.0 Å². The number of carbonyl (C=O) groups excluding carboxylic acids is 1. The zero-order chi connectivity index (χ0) is 17.2. The van der Waals surface area contributed by atoms with Gasteiger partial charge in [0.15, 0.2) is 5.92 Å². The summed E-state index contributed by atoms with van der Waals surface area (Å²) in [6, 6.07) is 9.73. The van der Waals surface area contributed by atoms with Gasteiger partial charge in [0.1, 0.15) is 11.8 Å². The number of benzene rings is 1. The van der Waals surface area contributed by atoms with E-state index < -0.39 is 11.9 Å². The van der Waals surface area contributed by atoms with Crippen molar-refractivity contribution in [2.75, 3.05) is 34.4 Å². The van der Waals surface area contributed by atoms with Crippen LogP contribution in [0.4, 0.5) is 0 Å². The van der Waals surface area contributed by atoms with Crippen molar-refractivity contribution in [2.45, 2.75) is 13.0 Å². The minimum atomic E-state index is -0.967. The summed E-state index contributed by atoms with van der Waals surface area (Å²) in [7, 11) is 5.69. The van der Waals surface area contributed by atoms with Gasteiger partial charge in [-0.25, -0.2) is 0 Å². The molecule has 0 aliphatic carbocycles. The van der Waals surface area contributed by atoms with E-state index in [2.05, 4.69) is 4.99 Å². The predicted octanol–water partition coefficient (Wildman–Crippen LogP) is 0.654. The summed E-state index contributed by atoms with van der Waals surface area (Å²) in [6.45, 7) is 2.40. The molecule has 0 saturated carbocycles. The minimum absolute atomic E-state index is 0.0592. The second-order valence-electron chi connectivity index (χ2n) is 5.24. The van der Waals surface area contributed by atoms with Crippen LogP contribution in [0.15, 0.2) is 29.3 Å². The van der Waals surface area contributed by atoms with Crippen LogP contribution in [0.3, 0.4) is 0 Å². The van der Waals surface area contributed by atoms with Gasteiger partial charge in [-0.05, 0) is 19.1 Å². The Hall–Kier alpha value is -2.39. The number of ether oxygens (including phenoxy) is 2. The van der Waals surface area contributed by atoms with Crippen LogP contribution < -0.4 is 9.64 Å². The average Bonchev–Trinajstić information content (AvgIpc) is 2.55. The number of aliphatic imine (C=N–C) groups is 1. The van der Waals surface area contributed by atoms with Crippen LogP contribution in [0.1, 0.15) is 18.5 Å². The first-order valence-corrected chi connectivity index (χ1v) is 7.54. The van der Waals surface area contributed by atoms with Crippen molar-refractivity contribution >= 4 is 12.2 Å². The molecular weight excluding hydrogens is 294 g/mol. The van der Waals surface area contributed by atoms with E-state index in [0.29, 0.717) is 6.54 Å². The van der Waals surface area contributed by atoms with Crippen molar-refractivity contribution in [3.8, 4) is 11.8 Å². The summed E-state index contributed by atoms with van der Waals surface area (Å²) in [5.74, 6) is -0.730. The summed E-state index contributed by atoms with van der Waals surface area (Å²) < 4.78 is 10.2. The zero-order valence-electron chi connectivity index (χ0n) is 14.1. The van der Waals surface area contributed by atoms with Crippen molar-refractivity contribution in [2.24, 2.45) is 10.9 Å². The topological polar surface area (TPSA) is 76.1 Å². The van der Waals surface area contributed by atoms with E-state index in [1.54, 1.807) is 14.0 Å². The largest absolute Gasteiger partial charge is 0.496 e. The molecule has 1 rings (SSSR count). The number of nitriles is 1. The first kappa shape index (κ1) is 18.7. The van der Waals surface area contributed by atoms with Crippen LogP contribution in [-0.4, -0.2) is 46.5 Å². The van der Waals surface area contributed by atoms with Gasteiger partial charge in [-0.15, -0.1) is 0 Å². The molecule has 0 bridgehead atoms. The van der Waals surface area contributed by atoms with Crippen LogP contribution in [0.25, 0.3) is 0 Å². The second-order valence-corrected chi connectivity index (χ2v) is 5.24. The van der Waals surface area contributed by atoms with Crippen molar-refractivity contribution in [1.29, 1.82) is 5.26 Å². The standard InChI is InChI=1S/C17H23N3O3/c1-5-23-17(21)13(10-18)11-19-12-15(20(2)3)14-8-6-7-9-16(14)22-4/h6-9,11,13,15H,5,12H2,1-4H3/p+1/t13-,15-/m0/s1. The lowest BCUT2D eigenvalue weighted by atomic mass is 10.0. The molecule has 23 heavy (non-hydrogen) atoms. The van der Waals surface area contributed by atoms with E-state index in [9.17, 15) is 4.79 Å². The molecule has 1 aromatic rings. The van der Waals surface area contributed by atoms with Crippen LogP contribution in [0, 0.1) is 17.2 Å². The molecule has 1 N–H and O–H groups in total. The molecule has 0 unspecified atom stereocenters. The van der Waals surface area contributed by atoms with Crippen LogP contribution in [0.5, 0.6) is 5.75 Å². The first-order chi connectivity index (χ1) is 11.0. The summed E-state index contributed by atoms with van der Waals surface area (Å²) in [4.78, 5) is 17.1. The molecular formula is C17H24N3O3+. The van der Waals surface area contributed by atoms with Crippen molar-refractivity contribution in [3.05, 3.63) is 29.8 Å². The number of methoxy groups -OCH3 is 1. The number of hydrogen-bond donors (Lipinski definition) is 1. The second kappa shape index (κ2) is 9.59. The Morgan fingerprint density at radius 3 is 2.70 bits per heavy atom. The van der Waals surface area contributed by atoms with Gasteiger partial charge in [0.2, 0.25) is 0 Å². The monoisotopic (exact) mass is 318 g/mol. The molecule has 0 aromatic heterocycles. The Balaban J connectivity index is 2.87. The van der Waals surface area contributed by atoms with Crippen molar-refractivity contribution in [1.82, 2.24) is 0 Å². The third-order valence-corrected chi connectivity index (χ3v) is 3.43. The smallest absolute Gasteiger partial charge is 0.328 e. The number of carbonyl (C=O) groups is 1. The lowest BCUT2D eigenvalue weighted by Crippen LogP contribution is -3.06. The Bertz CT molecular complexity index is 579. The van der Waals surface area contributed by atoms with E-state index in [1.807, 2.05) is 44.4 Å². The van der Waals surface area contributed by atoms with Gasteiger partial charge in [-0.1, -0.05) is 12.1 Å². The van der Waals surface area contributed by atoms with E-state index in [-0.39, 0.29) is 12.6 Å². The summed E-state index contributed by atoms with van der Waals surface area (Å²) in [5, 5.41) is 9.03. The van der Waals surface area contributed by atoms with Gasteiger partial charge in [0.25, 0.3) is 0 Å². The molecule has 0 saturated heterocycles. The van der Waals surface area contributed by atoms with E-state index in [1.165, 1.54) is 11.1 Å². The Morgan fingerprint density at radius 1 is 1.43 bits per heavy atom. The zero-order valence-corrected chi connectivity index (χ0v) is 14.1. The average molecular weight is 318 g/mol. The number of quaternary nitrogens is 1. The molecule has 0 aliphatic heterocycles. The van der Waals surface area contributed by atoms with Gasteiger partial charge >= 0.3 is 5.97 Å². The predicted molar refractivity (Wildman–Crippen MR) is 87.6 cm³/mol.